The fourth-order valence-corrected chi connectivity index (χ4v) is 2.46. The molecule has 0 amide bonds. The van der Waals surface area contributed by atoms with Crippen molar-refractivity contribution in [3.63, 3.8) is 0 Å². The Bertz CT molecular complexity index is 685. The van der Waals surface area contributed by atoms with E-state index in [1.807, 2.05) is 19.1 Å². The van der Waals surface area contributed by atoms with Crippen LogP contribution in [-0.4, -0.2) is 18.4 Å². The smallest absolute Gasteiger partial charge is 0.186 e. The molecule has 2 rings (SSSR count). The van der Waals surface area contributed by atoms with Gasteiger partial charge in [-0.05, 0) is 43.3 Å². The summed E-state index contributed by atoms with van der Waals surface area (Å²) >= 11 is 1.60. The first-order valence-electron chi connectivity index (χ1n) is 6.26. The van der Waals surface area contributed by atoms with Gasteiger partial charge in [0.1, 0.15) is 12.4 Å². The van der Waals surface area contributed by atoms with Gasteiger partial charge in [0.15, 0.2) is 5.78 Å². The van der Waals surface area contributed by atoms with E-state index < -0.39 is 12.6 Å². The predicted octanol–water partition coefficient (Wildman–Crippen LogP) is 2.08. The van der Waals surface area contributed by atoms with E-state index in [0.29, 0.717) is 11.3 Å². The zero-order valence-electron chi connectivity index (χ0n) is 11.4. The van der Waals surface area contributed by atoms with Gasteiger partial charge >= 0.3 is 0 Å². The van der Waals surface area contributed by atoms with Gasteiger partial charge in [-0.1, -0.05) is 12.1 Å². The highest BCUT2D eigenvalue weighted by Crippen LogP contribution is 2.18. The molecular weight excluding hydrogens is 288 g/mol. The monoisotopic (exact) mass is 301 g/mol. The number of carbonyl (C=O) groups excluding carboxylic acids is 2. The minimum atomic E-state index is -1.31. The van der Waals surface area contributed by atoms with Crippen molar-refractivity contribution in [3.8, 4) is 5.75 Å². The van der Waals surface area contributed by atoms with E-state index in [2.05, 4.69) is 0 Å². The van der Waals surface area contributed by atoms with Gasteiger partial charge in [-0.2, -0.15) is 0 Å². The molecule has 1 aromatic heterocycles. The van der Waals surface area contributed by atoms with Crippen molar-refractivity contribution in [2.24, 2.45) is 0 Å². The van der Waals surface area contributed by atoms with Crippen LogP contribution < -0.4 is 9.84 Å². The van der Waals surface area contributed by atoms with Crippen molar-refractivity contribution in [3.05, 3.63) is 57.8 Å². The number of carboxylic acids is 1. The second kappa shape index (κ2) is 6.85. The Balaban J connectivity index is 2.06. The van der Waals surface area contributed by atoms with Gasteiger partial charge in [-0.25, -0.2) is 0 Å². The number of hydrogen-bond acceptors (Lipinski definition) is 5. The maximum atomic E-state index is 12.0. The van der Waals surface area contributed by atoms with Crippen LogP contribution in [0.1, 0.15) is 20.1 Å². The molecule has 108 valence electrons. The molecule has 0 saturated heterocycles. The third-order valence-corrected chi connectivity index (χ3v) is 3.60. The predicted molar refractivity (Wildman–Crippen MR) is 79.4 cm³/mol. The molecule has 5 heteroatoms. The van der Waals surface area contributed by atoms with Gasteiger partial charge < -0.3 is 14.6 Å². The first kappa shape index (κ1) is 15.0. The Morgan fingerprint density at radius 2 is 2.10 bits per heavy atom. The Morgan fingerprint density at radius 3 is 2.76 bits per heavy atom. The Morgan fingerprint density at radius 1 is 1.29 bits per heavy atom. The molecule has 1 aromatic carbocycles. The second-order valence-electron chi connectivity index (χ2n) is 4.33. The summed E-state index contributed by atoms with van der Waals surface area (Å²) < 4.78 is 4.99. The van der Waals surface area contributed by atoms with Crippen LogP contribution in [0.5, 0.6) is 5.75 Å². The molecule has 21 heavy (non-hydrogen) atoms. The molecule has 0 bridgehead atoms. The summed E-state index contributed by atoms with van der Waals surface area (Å²) in [7, 11) is 0. The van der Waals surface area contributed by atoms with Crippen molar-refractivity contribution in [2.45, 2.75) is 6.92 Å². The average molecular weight is 301 g/mol. The van der Waals surface area contributed by atoms with Crippen molar-refractivity contribution < 1.29 is 19.4 Å². The number of aliphatic carboxylic acids is 1. The Kier molecular flexibility index (Phi) is 4.90. The van der Waals surface area contributed by atoms with Crippen LogP contribution in [0.2, 0.25) is 0 Å². The van der Waals surface area contributed by atoms with Crippen LogP contribution in [0.3, 0.4) is 0 Å². The number of hydrogen-bond donors (Lipinski definition) is 0. The zero-order chi connectivity index (χ0) is 15.2. The maximum Gasteiger partial charge on any atom is 0.186 e. The lowest BCUT2D eigenvalue weighted by molar-refractivity contribution is -0.307. The minimum absolute atomic E-state index is 0.167. The van der Waals surface area contributed by atoms with Gasteiger partial charge in [0.05, 0.1) is 5.97 Å². The SMILES string of the molecule is Cc1ccc(/C=C/C(=O)c2cccc(OCC(=O)[O-])c2)s1. The Labute approximate surface area is 126 Å². The van der Waals surface area contributed by atoms with E-state index >= 15 is 0 Å². The van der Waals surface area contributed by atoms with Crippen LogP contribution in [0.15, 0.2) is 42.5 Å². The first-order valence-corrected chi connectivity index (χ1v) is 7.08. The summed E-state index contributed by atoms with van der Waals surface area (Å²) in [6, 6.07) is 10.3. The van der Waals surface area contributed by atoms with Crippen molar-refractivity contribution in [1.29, 1.82) is 0 Å². The maximum absolute atomic E-state index is 12.0. The summed E-state index contributed by atoms with van der Waals surface area (Å²) in [6.07, 6.45) is 3.25. The summed E-state index contributed by atoms with van der Waals surface area (Å²) in [5.41, 5.74) is 0.440. The van der Waals surface area contributed by atoms with Crippen LogP contribution >= 0.6 is 11.3 Å². The zero-order valence-corrected chi connectivity index (χ0v) is 12.2. The highest BCUT2D eigenvalue weighted by atomic mass is 32.1. The van der Waals surface area contributed by atoms with Gasteiger partial charge in [-0.3, -0.25) is 4.79 Å². The molecule has 0 aliphatic heterocycles. The number of rotatable bonds is 6. The fourth-order valence-electron chi connectivity index (χ4n) is 1.68. The topological polar surface area (TPSA) is 66.4 Å². The lowest BCUT2D eigenvalue weighted by Crippen LogP contribution is -2.28. The molecule has 0 atom stereocenters. The van der Waals surface area contributed by atoms with E-state index in [9.17, 15) is 14.7 Å². The summed E-state index contributed by atoms with van der Waals surface area (Å²) in [5.74, 6) is -1.15. The second-order valence-corrected chi connectivity index (χ2v) is 5.65. The number of benzene rings is 1. The van der Waals surface area contributed by atoms with E-state index in [1.165, 1.54) is 17.0 Å². The number of aryl methyl sites for hydroxylation is 1. The van der Waals surface area contributed by atoms with E-state index in [0.717, 1.165) is 4.88 Å². The van der Waals surface area contributed by atoms with Crippen LogP contribution in [0.4, 0.5) is 0 Å². The highest BCUT2D eigenvalue weighted by molar-refractivity contribution is 7.12. The third kappa shape index (κ3) is 4.57. The van der Waals surface area contributed by atoms with Gasteiger partial charge in [0.2, 0.25) is 0 Å². The van der Waals surface area contributed by atoms with Gasteiger partial charge in [0, 0.05) is 15.3 Å². The minimum Gasteiger partial charge on any atom is -0.546 e. The first-order chi connectivity index (χ1) is 10.0. The number of carbonyl (C=O) groups is 2. The highest BCUT2D eigenvalue weighted by Gasteiger charge is 2.04. The van der Waals surface area contributed by atoms with Crippen LogP contribution in [-0.2, 0) is 4.79 Å². The molecule has 4 nitrogen and oxygen atoms in total. The molecule has 0 fully saturated rings. The molecular formula is C16H13O4S-. The number of thiophene rings is 1. The molecule has 0 aliphatic carbocycles. The third-order valence-electron chi connectivity index (χ3n) is 2.64. The quantitative estimate of drug-likeness (QED) is 0.605. The normalized spacial score (nSPS) is 10.7. The fraction of sp³-hybridized carbons (Fsp3) is 0.125. The molecule has 0 saturated carbocycles. The van der Waals surface area contributed by atoms with Crippen LogP contribution in [0.25, 0.3) is 6.08 Å². The Hall–Kier alpha value is -2.40. The molecule has 0 unspecified atom stereocenters. The van der Waals surface area contributed by atoms with E-state index in [4.69, 9.17) is 4.74 Å². The molecule has 0 aliphatic rings. The largest absolute Gasteiger partial charge is 0.546 e. The molecule has 1 heterocycles. The average Bonchev–Trinajstić information content (AvgIpc) is 2.88. The molecule has 0 spiro atoms. The summed E-state index contributed by atoms with van der Waals surface area (Å²) in [4.78, 5) is 24.6. The van der Waals surface area contributed by atoms with Gasteiger partial charge in [0.25, 0.3) is 0 Å². The lowest BCUT2D eigenvalue weighted by Gasteiger charge is -2.07. The summed E-state index contributed by atoms with van der Waals surface area (Å²) in [6.45, 7) is 1.46. The summed E-state index contributed by atoms with van der Waals surface area (Å²) in [5, 5.41) is 10.3. The number of ether oxygens (including phenoxy) is 1. The standard InChI is InChI=1S/C16H14O4S/c1-11-5-6-14(21-11)7-8-15(17)12-3-2-4-13(9-12)20-10-16(18)19/h2-9H,10H2,1H3,(H,18,19)/p-1/b8-7+. The molecule has 0 N–H and O–H groups in total. The van der Waals surface area contributed by atoms with E-state index in [-0.39, 0.29) is 5.78 Å². The molecule has 0 radical (unpaired) electrons. The number of carboxylic acid groups (broad SMARTS) is 1. The van der Waals surface area contributed by atoms with Crippen molar-refractivity contribution in [1.82, 2.24) is 0 Å². The van der Waals surface area contributed by atoms with E-state index in [1.54, 1.807) is 35.6 Å². The molecule has 2 aromatic rings. The van der Waals surface area contributed by atoms with Crippen LogP contribution in [0, 0.1) is 6.92 Å². The van der Waals surface area contributed by atoms with Gasteiger partial charge in [-0.15, -0.1) is 11.3 Å². The van der Waals surface area contributed by atoms with Crippen molar-refractivity contribution >= 4 is 29.2 Å². The number of allylic oxidation sites excluding steroid dienone is 1. The number of ketones is 1. The van der Waals surface area contributed by atoms with Crippen molar-refractivity contribution in [2.75, 3.05) is 6.61 Å². The lowest BCUT2D eigenvalue weighted by atomic mass is 10.1.